The molecule has 0 radical (unpaired) electrons. The van der Waals surface area contributed by atoms with E-state index < -0.39 is 0 Å². The molecule has 2 aromatic heterocycles. The highest BCUT2D eigenvalue weighted by molar-refractivity contribution is 7.19. The average molecular weight is 563 g/mol. The monoisotopic (exact) mass is 562 g/mol. The summed E-state index contributed by atoms with van der Waals surface area (Å²) in [5, 5.41) is 26.9. The highest BCUT2D eigenvalue weighted by Crippen LogP contribution is 2.25. The minimum Gasteiger partial charge on any atom is -0.493 e. The van der Waals surface area contributed by atoms with E-state index in [0.717, 1.165) is 49.5 Å². The number of rotatable bonds is 14. The third kappa shape index (κ3) is 8.87. The second-order valence-electron chi connectivity index (χ2n) is 9.27. The zero-order valence-corrected chi connectivity index (χ0v) is 23.2. The predicted octanol–water partition coefficient (Wildman–Crippen LogP) is 4.45. The molecule has 0 saturated carbocycles. The molecule has 1 fully saturated rings. The highest BCUT2D eigenvalue weighted by Gasteiger charge is 2.22. The number of nitrogens with one attached hydrogen (secondary N) is 3. The summed E-state index contributed by atoms with van der Waals surface area (Å²) in [5.41, 5.74) is 0.854. The number of aromatic nitrogens is 4. The van der Waals surface area contributed by atoms with Gasteiger partial charge < -0.3 is 25.6 Å². The molecule has 40 heavy (non-hydrogen) atoms. The lowest BCUT2D eigenvalue weighted by molar-refractivity contribution is -0.116. The molecular formula is C28H34N8O3S. The van der Waals surface area contributed by atoms with E-state index in [9.17, 15) is 9.59 Å². The number of hydrogen-bond donors (Lipinski definition) is 3. The largest absolute Gasteiger partial charge is 0.493 e. The Balaban J connectivity index is 1.20. The maximum absolute atomic E-state index is 12.5. The maximum atomic E-state index is 12.5. The lowest BCUT2D eigenvalue weighted by Gasteiger charge is -2.32. The van der Waals surface area contributed by atoms with Crippen LogP contribution >= 0.6 is 11.3 Å². The van der Waals surface area contributed by atoms with Crippen LogP contribution in [0.5, 0.6) is 5.75 Å². The molecule has 3 heterocycles. The molecule has 11 nitrogen and oxygen atoms in total. The number of anilines is 4. The lowest BCUT2D eigenvalue weighted by Crippen LogP contribution is -2.39. The van der Waals surface area contributed by atoms with Crippen molar-refractivity contribution in [3.05, 3.63) is 67.3 Å². The summed E-state index contributed by atoms with van der Waals surface area (Å²) in [5.74, 6) is 1.63. The fourth-order valence-electron chi connectivity index (χ4n) is 4.11. The fourth-order valence-corrected chi connectivity index (χ4v) is 4.85. The van der Waals surface area contributed by atoms with Crippen LogP contribution in [0.1, 0.15) is 37.7 Å². The van der Waals surface area contributed by atoms with Crippen LogP contribution in [0, 0.1) is 0 Å². The Bertz CT molecular complexity index is 1290. The molecule has 3 aromatic rings. The standard InChI is InChI=1S/C28H34N8O3S/c1-3-5-10-25(37)31-28-35-34-27(40-28)29-21-13-15-36(16-14-21)24-12-11-23(32-33-24)30-26(38)19-20-8-7-9-22(18-20)39-17-6-4-2/h3-4,7-9,11-12,18,21H,1-2,5-6,10,13-17,19H2,(H,29,34)(H,30,32,38)(H,31,35,37). The molecule has 0 spiro atoms. The van der Waals surface area contributed by atoms with Crippen molar-refractivity contribution in [2.75, 3.05) is 40.5 Å². The summed E-state index contributed by atoms with van der Waals surface area (Å²) in [6.07, 6.45) is 7.26. The molecule has 2 amide bonds. The first-order valence-electron chi connectivity index (χ1n) is 13.2. The van der Waals surface area contributed by atoms with E-state index in [1.165, 1.54) is 11.3 Å². The van der Waals surface area contributed by atoms with E-state index in [1.54, 1.807) is 18.2 Å². The van der Waals surface area contributed by atoms with E-state index in [0.29, 0.717) is 35.5 Å². The summed E-state index contributed by atoms with van der Waals surface area (Å²) in [4.78, 5) is 26.6. The van der Waals surface area contributed by atoms with Crippen LogP contribution in [0.25, 0.3) is 0 Å². The van der Waals surface area contributed by atoms with Gasteiger partial charge in [0.05, 0.1) is 13.0 Å². The maximum Gasteiger partial charge on any atom is 0.229 e. The van der Waals surface area contributed by atoms with Gasteiger partial charge in [-0.1, -0.05) is 35.6 Å². The smallest absolute Gasteiger partial charge is 0.229 e. The number of amides is 2. The van der Waals surface area contributed by atoms with Crippen molar-refractivity contribution in [2.24, 2.45) is 0 Å². The Hall–Kier alpha value is -4.32. The molecule has 210 valence electrons. The number of hydrogen-bond acceptors (Lipinski definition) is 10. The van der Waals surface area contributed by atoms with Crippen molar-refractivity contribution < 1.29 is 14.3 Å². The molecule has 1 saturated heterocycles. The molecule has 1 aromatic carbocycles. The lowest BCUT2D eigenvalue weighted by atomic mass is 10.1. The first-order valence-corrected chi connectivity index (χ1v) is 14.1. The van der Waals surface area contributed by atoms with Crippen LogP contribution in [-0.4, -0.2) is 57.9 Å². The predicted molar refractivity (Wildman–Crippen MR) is 158 cm³/mol. The molecule has 0 aliphatic carbocycles. The van der Waals surface area contributed by atoms with Crippen LogP contribution in [0.4, 0.5) is 21.9 Å². The quantitative estimate of drug-likeness (QED) is 0.192. The van der Waals surface area contributed by atoms with Gasteiger partial charge in [-0.2, -0.15) is 0 Å². The van der Waals surface area contributed by atoms with Gasteiger partial charge in [0.1, 0.15) is 5.75 Å². The van der Waals surface area contributed by atoms with Gasteiger partial charge in [-0.25, -0.2) is 0 Å². The van der Waals surface area contributed by atoms with Gasteiger partial charge in [0.25, 0.3) is 0 Å². The van der Waals surface area contributed by atoms with Gasteiger partial charge in [0, 0.05) is 25.6 Å². The van der Waals surface area contributed by atoms with Gasteiger partial charge in [0.2, 0.25) is 22.1 Å². The highest BCUT2D eigenvalue weighted by atomic mass is 32.1. The molecule has 1 aliphatic rings. The molecule has 0 atom stereocenters. The number of nitrogens with zero attached hydrogens (tertiary/aromatic N) is 5. The van der Waals surface area contributed by atoms with Gasteiger partial charge in [0.15, 0.2) is 11.6 Å². The Labute approximate surface area is 237 Å². The van der Waals surface area contributed by atoms with Crippen molar-refractivity contribution in [3.63, 3.8) is 0 Å². The number of ether oxygens (including phenoxy) is 1. The third-order valence-electron chi connectivity index (χ3n) is 6.17. The van der Waals surface area contributed by atoms with E-state index in [1.807, 2.05) is 30.3 Å². The van der Waals surface area contributed by atoms with Crippen molar-refractivity contribution in [1.29, 1.82) is 0 Å². The number of carbonyl (C=O) groups is 2. The van der Waals surface area contributed by atoms with Gasteiger partial charge in [-0.05, 0) is 55.5 Å². The minimum absolute atomic E-state index is 0.0991. The van der Waals surface area contributed by atoms with Crippen LogP contribution in [0.3, 0.4) is 0 Å². The van der Waals surface area contributed by atoms with Crippen molar-refractivity contribution in [2.45, 2.75) is 44.6 Å². The van der Waals surface area contributed by atoms with Crippen molar-refractivity contribution >= 4 is 45.0 Å². The summed E-state index contributed by atoms with van der Waals surface area (Å²) >= 11 is 1.33. The Morgan fingerprint density at radius 2 is 1.77 bits per heavy atom. The topological polar surface area (TPSA) is 134 Å². The second kappa shape index (κ2) is 14.7. The molecule has 3 N–H and O–H groups in total. The normalized spacial score (nSPS) is 13.3. The number of benzene rings is 1. The van der Waals surface area contributed by atoms with E-state index >= 15 is 0 Å². The summed E-state index contributed by atoms with van der Waals surface area (Å²) in [6, 6.07) is 11.4. The number of piperidine rings is 1. The summed E-state index contributed by atoms with van der Waals surface area (Å²) in [7, 11) is 0. The van der Waals surface area contributed by atoms with E-state index in [2.05, 4.69) is 54.4 Å². The fraction of sp³-hybridized carbons (Fsp3) is 0.357. The summed E-state index contributed by atoms with van der Waals surface area (Å²) < 4.78 is 5.66. The van der Waals surface area contributed by atoms with Crippen molar-refractivity contribution in [1.82, 2.24) is 20.4 Å². The zero-order chi connectivity index (χ0) is 28.2. The molecule has 4 rings (SSSR count). The first kappa shape index (κ1) is 28.7. The molecular weight excluding hydrogens is 528 g/mol. The van der Waals surface area contributed by atoms with Crippen LogP contribution in [0.2, 0.25) is 0 Å². The second-order valence-corrected chi connectivity index (χ2v) is 10.2. The molecule has 1 aliphatic heterocycles. The van der Waals surface area contributed by atoms with Crippen LogP contribution in [0.15, 0.2) is 61.7 Å². The third-order valence-corrected chi connectivity index (χ3v) is 6.94. The van der Waals surface area contributed by atoms with Gasteiger partial charge in [-0.3, -0.25) is 9.59 Å². The van der Waals surface area contributed by atoms with Gasteiger partial charge in [-0.15, -0.1) is 33.6 Å². The molecule has 0 bridgehead atoms. The van der Waals surface area contributed by atoms with E-state index in [4.69, 9.17) is 4.74 Å². The first-order chi connectivity index (χ1) is 19.5. The van der Waals surface area contributed by atoms with Crippen LogP contribution < -0.4 is 25.6 Å². The SMILES string of the molecule is C=CCCOc1cccc(CC(=O)Nc2ccc(N3CCC(Nc4nnc(NC(=O)CCC=C)s4)CC3)nn2)c1. The minimum atomic E-state index is -0.173. The molecule has 0 unspecified atom stereocenters. The number of allylic oxidation sites excluding steroid dienone is 1. The van der Waals surface area contributed by atoms with E-state index in [-0.39, 0.29) is 24.3 Å². The Morgan fingerprint density at radius 1 is 0.975 bits per heavy atom. The van der Waals surface area contributed by atoms with Gasteiger partial charge >= 0.3 is 0 Å². The number of carbonyl (C=O) groups excluding carboxylic acids is 2. The van der Waals surface area contributed by atoms with Crippen molar-refractivity contribution in [3.8, 4) is 5.75 Å². The zero-order valence-electron chi connectivity index (χ0n) is 22.3. The Morgan fingerprint density at radius 3 is 2.52 bits per heavy atom. The average Bonchev–Trinajstić information content (AvgIpc) is 3.39. The Kier molecular flexibility index (Phi) is 10.6. The van der Waals surface area contributed by atoms with Crippen LogP contribution in [-0.2, 0) is 16.0 Å². The summed E-state index contributed by atoms with van der Waals surface area (Å²) in [6.45, 7) is 9.46. The molecule has 12 heteroatoms.